The second-order valence-electron chi connectivity index (χ2n) is 10.8. The molecular weight excluding hydrogens is 567 g/mol. The maximum Gasteiger partial charge on any atom is 0.0466 e. The molecule has 0 unspecified atom stereocenters. The predicted molar refractivity (Wildman–Crippen MR) is 150 cm³/mol. The quantitative estimate of drug-likeness (QED) is 0.312. The smallest absolute Gasteiger partial charge is 0.0466 e. The van der Waals surface area contributed by atoms with Gasteiger partial charge in [-0.05, 0) is 25.7 Å². The maximum absolute atomic E-state index is 4.94. The monoisotopic (exact) mass is 622 g/mol. The summed E-state index contributed by atoms with van der Waals surface area (Å²) in [6.45, 7) is 31.0. The molecule has 2 heterocycles. The van der Waals surface area contributed by atoms with Crippen LogP contribution in [0.4, 0.5) is 0 Å². The van der Waals surface area contributed by atoms with Gasteiger partial charge in [0, 0.05) is 66.8 Å². The van der Waals surface area contributed by atoms with Crippen molar-refractivity contribution in [3.8, 4) is 0 Å². The minimum absolute atomic E-state index is 0. The summed E-state index contributed by atoms with van der Waals surface area (Å²) in [4.78, 5) is 0. The van der Waals surface area contributed by atoms with Gasteiger partial charge in [-0.1, -0.05) is 94.9 Å². The first-order valence-electron chi connectivity index (χ1n) is 13.5. The van der Waals surface area contributed by atoms with Crippen molar-refractivity contribution in [3.63, 3.8) is 0 Å². The molecule has 35 heavy (non-hydrogen) atoms. The van der Waals surface area contributed by atoms with Crippen LogP contribution in [0.3, 0.4) is 0 Å². The number of rotatable bonds is 2. The number of hydrogen-bond donors (Lipinski definition) is 0. The molecule has 2 nitrogen and oxygen atoms in total. The zero-order valence-corrected chi connectivity index (χ0v) is 27.7. The van der Waals surface area contributed by atoms with Crippen LogP contribution in [0.15, 0.2) is 0 Å². The zero-order valence-electron chi connectivity index (χ0n) is 25.0. The van der Waals surface area contributed by atoms with Gasteiger partial charge in [0.2, 0.25) is 0 Å². The molecule has 202 valence electrons. The normalized spacial score (nSPS) is 14.6. The first-order chi connectivity index (χ1) is 15.9. The molecule has 2 fully saturated rings. The van der Waals surface area contributed by atoms with E-state index in [0.717, 1.165) is 26.4 Å². The fourth-order valence-corrected chi connectivity index (χ4v) is 5.25. The van der Waals surface area contributed by atoms with E-state index in [1.54, 1.807) is 11.1 Å². The van der Waals surface area contributed by atoms with Gasteiger partial charge in [-0.25, -0.2) is 0 Å². The van der Waals surface area contributed by atoms with E-state index < -0.39 is 0 Å². The SMILES string of the molecule is C1CCOC1.C1CCOC1.Cc1c(C)c(C)[c-](C(C)C)c1C.Cc1c(C)c(C)[c-](C(C)C)c1C.[Sm]. The van der Waals surface area contributed by atoms with E-state index in [1.165, 1.54) is 70.2 Å². The molecule has 0 spiro atoms. The molecule has 2 aromatic rings. The number of ether oxygens (including phenoxy) is 2. The standard InChI is InChI=1S/2C12H19.2C4H8O.Sm/c2*1-7(2)12-10(5)8(3)9(4)11(12)6;2*1-2-4-5-3-1;/h2*7H,1-6H3;2*1-4H2;/q2*-1;;;. The molecule has 0 bridgehead atoms. The molecule has 0 aromatic heterocycles. The maximum atomic E-state index is 4.94. The van der Waals surface area contributed by atoms with Crippen molar-refractivity contribution in [3.05, 3.63) is 55.6 Å². The van der Waals surface area contributed by atoms with E-state index >= 15 is 0 Å². The van der Waals surface area contributed by atoms with Gasteiger partial charge in [0.05, 0.1) is 0 Å². The van der Waals surface area contributed by atoms with E-state index in [0.29, 0.717) is 11.8 Å². The largest absolute Gasteiger partial charge is 0.381 e. The van der Waals surface area contributed by atoms with Gasteiger partial charge in [-0.3, -0.25) is 0 Å². The molecule has 0 saturated carbocycles. The van der Waals surface area contributed by atoms with E-state index in [1.807, 2.05) is 0 Å². The Balaban J connectivity index is 0.000000468. The van der Waals surface area contributed by atoms with Gasteiger partial charge in [0.15, 0.2) is 0 Å². The Kier molecular flexibility index (Phi) is 17.4. The van der Waals surface area contributed by atoms with Crippen molar-refractivity contribution in [1.29, 1.82) is 0 Å². The van der Waals surface area contributed by atoms with Crippen molar-refractivity contribution in [1.82, 2.24) is 0 Å². The van der Waals surface area contributed by atoms with Crippen LogP contribution in [-0.2, 0) is 9.47 Å². The Morgan fingerprint density at radius 2 is 0.657 bits per heavy atom. The molecule has 3 heteroatoms. The Labute approximate surface area is 250 Å². The van der Waals surface area contributed by atoms with Crippen LogP contribution in [0.25, 0.3) is 0 Å². The Morgan fingerprint density at radius 1 is 0.457 bits per heavy atom. The molecule has 0 atom stereocenters. The van der Waals surface area contributed by atoms with Gasteiger partial charge in [0.25, 0.3) is 0 Å². The summed E-state index contributed by atoms with van der Waals surface area (Å²) < 4.78 is 9.89. The average Bonchev–Trinajstić information content (AvgIpc) is 3.59. The summed E-state index contributed by atoms with van der Waals surface area (Å²) in [6.07, 6.45) is 5.11. The van der Waals surface area contributed by atoms with Crippen LogP contribution >= 0.6 is 0 Å². The van der Waals surface area contributed by atoms with Gasteiger partial charge in [-0.2, -0.15) is 44.5 Å². The zero-order chi connectivity index (χ0) is 26.0. The van der Waals surface area contributed by atoms with Gasteiger partial charge in [0.1, 0.15) is 0 Å². The van der Waals surface area contributed by atoms with E-state index in [4.69, 9.17) is 9.47 Å². The van der Waals surface area contributed by atoms with Crippen LogP contribution in [0.1, 0.15) is 121 Å². The van der Waals surface area contributed by atoms with Crippen LogP contribution in [0.2, 0.25) is 0 Å². The van der Waals surface area contributed by atoms with Crippen molar-refractivity contribution in [2.75, 3.05) is 26.4 Å². The van der Waals surface area contributed by atoms with Crippen molar-refractivity contribution >= 4 is 0 Å². The van der Waals surface area contributed by atoms with Gasteiger partial charge >= 0.3 is 0 Å². The summed E-state index contributed by atoms with van der Waals surface area (Å²) in [6, 6.07) is 0. The molecule has 4 rings (SSSR count). The first-order valence-corrected chi connectivity index (χ1v) is 13.5. The van der Waals surface area contributed by atoms with Crippen molar-refractivity contribution in [2.45, 2.75) is 121 Å². The fraction of sp³-hybridized carbons (Fsp3) is 0.688. The third-order valence-corrected chi connectivity index (χ3v) is 7.80. The van der Waals surface area contributed by atoms with Crippen LogP contribution < -0.4 is 0 Å². The van der Waals surface area contributed by atoms with E-state index in [2.05, 4.69) is 83.1 Å². The Morgan fingerprint density at radius 3 is 0.743 bits per heavy atom. The van der Waals surface area contributed by atoms with Crippen LogP contribution in [0.5, 0.6) is 0 Å². The fourth-order valence-electron chi connectivity index (χ4n) is 5.25. The minimum atomic E-state index is 0. The summed E-state index contributed by atoms with van der Waals surface area (Å²) in [5.41, 5.74) is 15.1. The summed E-state index contributed by atoms with van der Waals surface area (Å²) in [5.74, 6) is 1.33. The van der Waals surface area contributed by atoms with Gasteiger partial charge in [-0.15, -0.1) is 11.1 Å². The third kappa shape index (κ3) is 10.3. The molecule has 0 amide bonds. The minimum Gasteiger partial charge on any atom is -0.381 e. The summed E-state index contributed by atoms with van der Waals surface area (Å²) in [5, 5.41) is 0. The predicted octanol–water partition coefficient (Wildman–Crippen LogP) is 9.12. The van der Waals surface area contributed by atoms with Crippen molar-refractivity contribution < 1.29 is 49.9 Å². The second-order valence-corrected chi connectivity index (χ2v) is 10.8. The molecule has 0 radical (unpaired) electrons. The summed E-state index contributed by atoms with van der Waals surface area (Å²) >= 11 is 0. The molecular formula is C32H54O2Sm-2. The Bertz CT molecular complexity index is 721. The second kappa shape index (κ2) is 17.5. The molecule has 0 aliphatic carbocycles. The topological polar surface area (TPSA) is 18.5 Å². The van der Waals surface area contributed by atoms with Crippen molar-refractivity contribution in [2.24, 2.45) is 0 Å². The Hall–Kier alpha value is -0.0423. The summed E-state index contributed by atoms with van der Waals surface area (Å²) in [7, 11) is 0. The average molecular weight is 621 g/mol. The third-order valence-electron chi connectivity index (χ3n) is 7.80. The molecule has 2 saturated heterocycles. The first kappa shape index (κ1) is 35.0. The van der Waals surface area contributed by atoms with Crippen LogP contribution in [0, 0.1) is 95.8 Å². The van der Waals surface area contributed by atoms with Gasteiger partial charge < -0.3 is 9.47 Å². The number of hydrogen-bond acceptors (Lipinski definition) is 2. The molecule has 2 aliphatic heterocycles. The molecule has 2 aliphatic rings. The van der Waals surface area contributed by atoms with Crippen LogP contribution in [-0.4, -0.2) is 26.4 Å². The van der Waals surface area contributed by atoms with E-state index in [9.17, 15) is 0 Å². The molecule has 2 aromatic carbocycles. The van der Waals surface area contributed by atoms with E-state index in [-0.39, 0.29) is 40.4 Å². The molecule has 0 N–H and O–H groups in total.